The first kappa shape index (κ1) is 15.3. The lowest BCUT2D eigenvalue weighted by atomic mass is 9.97. The molecule has 5 heteroatoms. The fourth-order valence-electron chi connectivity index (χ4n) is 2.10. The first-order chi connectivity index (χ1) is 8.65. The molecule has 0 radical (unpaired) electrons. The molecule has 1 rings (SSSR count). The van der Waals surface area contributed by atoms with Crippen molar-refractivity contribution in [2.45, 2.75) is 37.4 Å². The zero-order valence-electron chi connectivity index (χ0n) is 11.4. The summed E-state index contributed by atoms with van der Waals surface area (Å²) in [6.07, 6.45) is 5.84. The third-order valence-corrected chi connectivity index (χ3v) is 4.76. The van der Waals surface area contributed by atoms with E-state index in [2.05, 4.69) is 23.2 Å². The molecule has 102 valence electrons. The first-order valence-electron chi connectivity index (χ1n) is 6.61. The summed E-state index contributed by atoms with van der Waals surface area (Å²) in [7, 11) is 0. The smallest absolute Gasteiger partial charge is 0.234 e. The number of nitriles is 1. The minimum absolute atomic E-state index is 0.108. The average Bonchev–Trinajstić information content (AvgIpc) is 2.40. The number of hydrogen-bond donors (Lipinski definition) is 1. The van der Waals surface area contributed by atoms with Crippen LogP contribution in [-0.4, -0.2) is 48.0 Å². The summed E-state index contributed by atoms with van der Waals surface area (Å²) >= 11 is 1.64. The maximum Gasteiger partial charge on any atom is 0.234 e. The number of carbonyl (C=O) groups excluding carboxylic acids is 1. The molecule has 1 saturated heterocycles. The van der Waals surface area contributed by atoms with Gasteiger partial charge in [-0.2, -0.15) is 5.26 Å². The third-order valence-electron chi connectivity index (χ3n) is 3.48. The second-order valence-corrected chi connectivity index (χ2v) is 5.98. The van der Waals surface area contributed by atoms with Gasteiger partial charge in [0.15, 0.2) is 0 Å². The van der Waals surface area contributed by atoms with Crippen molar-refractivity contribution in [3.8, 4) is 6.07 Å². The second kappa shape index (κ2) is 7.65. The zero-order valence-corrected chi connectivity index (χ0v) is 12.2. The Kier molecular flexibility index (Phi) is 6.51. The number of piperidine rings is 1. The number of unbranched alkanes of at least 4 members (excludes halogenated alkanes) is 1. The van der Waals surface area contributed by atoms with Crippen LogP contribution in [0.2, 0.25) is 0 Å². The maximum absolute atomic E-state index is 11.7. The summed E-state index contributed by atoms with van der Waals surface area (Å²) in [5, 5.41) is 12.1. The van der Waals surface area contributed by atoms with Gasteiger partial charge in [0.25, 0.3) is 0 Å². The Morgan fingerprint density at radius 2 is 2.17 bits per heavy atom. The van der Waals surface area contributed by atoms with Crippen LogP contribution in [0, 0.1) is 11.3 Å². The van der Waals surface area contributed by atoms with Gasteiger partial charge in [0, 0.05) is 19.6 Å². The van der Waals surface area contributed by atoms with E-state index in [1.165, 1.54) is 0 Å². The van der Waals surface area contributed by atoms with Crippen molar-refractivity contribution in [2.24, 2.45) is 0 Å². The lowest BCUT2D eigenvalue weighted by Gasteiger charge is -2.35. The Morgan fingerprint density at radius 1 is 1.50 bits per heavy atom. The Balaban J connectivity index is 2.27. The zero-order chi connectivity index (χ0) is 13.4. The molecule has 1 fully saturated rings. The number of hydrogen-bond acceptors (Lipinski definition) is 4. The quantitative estimate of drug-likeness (QED) is 0.745. The number of nitrogens with zero attached hydrogens (tertiary/aromatic N) is 2. The molecule has 4 nitrogen and oxygen atoms in total. The summed E-state index contributed by atoms with van der Waals surface area (Å²) < 4.78 is -0.227. The molecule has 0 aliphatic carbocycles. The number of thioether (sulfide) groups is 1. The number of nitrogens with one attached hydrogen (secondary N) is 1. The highest BCUT2D eigenvalue weighted by Crippen LogP contribution is 2.33. The molecule has 0 spiro atoms. The van der Waals surface area contributed by atoms with Gasteiger partial charge in [-0.05, 0) is 25.5 Å². The standard InChI is InChI=1S/C13H23N3OS/c1-3-4-7-15-12(17)10-16-8-5-13(11-14,18-2)6-9-16/h3-10H2,1-2H3,(H,15,17). The Morgan fingerprint density at radius 3 is 2.67 bits per heavy atom. The number of rotatable bonds is 6. The van der Waals surface area contributed by atoms with E-state index in [-0.39, 0.29) is 10.7 Å². The minimum Gasteiger partial charge on any atom is -0.355 e. The average molecular weight is 269 g/mol. The highest BCUT2D eigenvalue weighted by molar-refractivity contribution is 8.00. The van der Waals surface area contributed by atoms with Crippen molar-refractivity contribution in [2.75, 3.05) is 32.4 Å². The van der Waals surface area contributed by atoms with Crippen LogP contribution >= 0.6 is 11.8 Å². The fourth-order valence-corrected chi connectivity index (χ4v) is 2.78. The van der Waals surface area contributed by atoms with Gasteiger partial charge in [0.2, 0.25) is 5.91 Å². The van der Waals surface area contributed by atoms with E-state index in [9.17, 15) is 10.1 Å². The van der Waals surface area contributed by atoms with Crippen LogP contribution in [0.15, 0.2) is 0 Å². The number of likely N-dealkylation sites (tertiary alicyclic amines) is 1. The van der Waals surface area contributed by atoms with E-state index >= 15 is 0 Å². The molecule has 0 atom stereocenters. The van der Waals surface area contributed by atoms with Gasteiger partial charge in [-0.15, -0.1) is 11.8 Å². The molecular formula is C13H23N3OS. The van der Waals surface area contributed by atoms with Crippen molar-refractivity contribution in [3.63, 3.8) is 0 Å². The maximum atomic E-state index is 11.7. The van der Waals surface area contributed by atoms with Crippen molar-refractivity contribution in [3.05, 3.63) is 0 Å². The van der Waals surface area contributed by atoms with E-state index < -0.39 is 0 Å². The lowest BCUT2D eigenvalue weighted by Crippen LogP contribution is -2.45. The van der Waals surface area contributed by atoms with Crippen molar-refractivity contribution in [1.29, 1.82) is 5.26 Å². The van der Waals surface area contributed by atoms with Gasteiger partial charge >= 0.3 is 0 Å². The molecule has 0 aromatic rings. The van der Waals surface area contributed by atoms with E-state index in [1.807, 2.05) is 6.26 Å². The summed E-state index contributed by atoms with van der Waals surface area (Å²) in [4.78, 5) is 13.8. The predicted octanol–water partition coefficient (Wildman–Crippen LogP) is 1.62. The molecule has 1 heterocycles. The molecule has 1 aliphatic rings. The number of carbonyl (C=O) groups is 1. The topological polar surface area (TPSA) is 56.1 Å². The molecule has 1 aliphatic heterocycles. The van der Waals surface area contributed by atoms with Gasteiger partial charge < -0.3 is 5.32 Å². The van der Waals surface area contributed by atoms with Crippen LogP contribution in [0.1, 0.15) is 32.6 Å². The predicted molar refractivity (Wildman–Crippen MR) is 75.5 cm³/mol. The van der Waals surface area contributed by atoms with E-state index in [1.54, 1.807) is 11.8 Å². The van der Waals surface area contributed by atoms with Gasteiger partial charge in [-0.25, -0.2) is 0 Å². The van der Waals surface area contributed by atoms with Crippen LogP contribution < -0.4 is 5.32 Å². The summed E-state index contributed by atoms with van der Waals surface area (Å²) in [5.41, 5.74) is 0. The van der Waals surface area contributed by atoms with Crippen LogP contribution in [0.25, 0.3) is 0 Å². The van der Waals surface area contributed by atoms with Gasteiger partial charge in [0.1, 0.15) is 4.75 Å². The van der Waals surface area contributed by atoms with Crippen LogP contribution in [0.3, 0.4) is 0 Å². The van der Waals surface area contributed by atoms with E-state index in [4.69, 9.17) is 0 Å². The molecule has 0 unspecified atom stereocenters. The largest absolute Gasteiger partial charge is 0.355 e. The first-order valence-corrected chi connectivity index (χ1v) is 7.83. The molecular weight excluding hydrogens is 246 g/mol. The van der Waals surface area contributed by atoms with Gasteiger partial charge in [0.05, 0.1) is 12.6 Å². The Hall–Kier alpha value is -0.730. The molecule has 0 saturated carbocycles. The van der Waals surface area contributed by atoms with Gasteiger partial charge in [-0.1, -0.05) is 13.3 Å². The SMILES string of the molecule is CCCCNC(=O)CN1CCC(C#N)(SC)CC1. The van der Waals surface area contributed by atoms with Crippen molar-refractivity contribution in [1.82, 2.24) is 10.2 Å². The highest BCUT2D eigenvalue weighted by atomic mass is 32.2. The monoisotopic (exact) mass is 269 g/mol. The molecule has 0 aromatic heterocycles. The van der Waals surface area contributed by atoms with Gasteiger partial charge in [-0.3, -0.25) is 9.69 Å². The normalized spacial score (nSPS) is 19.2. The third kappa shape index (κ3) is 4.51. The van der Waals surface area contributed by atoms with Crippen molar-refractivity contribution >= 4 is 17.7 Å². The Labute approximate surface area is 114 Å². The van der Waals surface area contributed by atoms with E-state index in [0.29, 0.717) is 6.54 Å². The van der Waals surface area contributed by atoms with Crippen LogP contribution in [-0.2, 0) is 4.79 Å². The van der Waals surface area contributed by atoms with Crippen LogP contribution in [0.5, 0.6) is 0 Å². The molecule has 0 bridgehead atoms. The molecule has 1 amide bonds. The molecule has 18 heavy (non-hydrogen) atoms. The summed E-state index contributed by atoms with van der Waals surface area (Å²) in [6.45, 7) is 5.04. The lowest BCUT2D eigenvalue weighted by molar-refractivity contribution is -0.122. The second-order valence-electron chi connectivity index (χ2n) is 4.79. The highest BCUT2D eigenvalue weighted by Gasteiger charge is 2.34. The fraction of sp³-hybridized carbons (Fsp3) is 0.846. The molecule has 0 aromatic carbocycles. The minimum atomic E-state index is -0.227. The van der Waals surface area contributed by atoms with Crippen molar-refractivity contribution < 1.29 is 4.79 Å². The molecule has 1 N–H and O–H groups in total. The summed E-state index contributed by atoms with van der Waals surface area (Å²) in [6, 6.07) is 2.42. The summed E-state index contributed by atoms with van der Waals surface area (Å²) in [5.74, 6) is 0.108. The van der Waals surface area contributed by atoms with E-state index in [0.717, 1.165) is 45.3 Å². The Bertz CT molecular complexity index is 306. The van der Waals surface area contributed by atoms with Crippen LogP contribution in [0.4, 0.5) is 0 Å². The number of amides is 1.